The van der Waals surface area contributed by atoms with Crippen LogP contribution in [-0.4, -0.2) is 36.7 Å². The molecule has 0 aliphatic heterocycles. The second kappa shape index (κ2) is 7.73. The van der Waals surface area contributed by atoms with Gasteiger partial charge in [-0.25, -0.2) is 0 Å². The SMILES string of the molecule is Cc1ccc(C)c(S(=O)(=O)/N=C2\C=C(SCC(=O)O)C(=O)c3ccccc32)c1. The number of Topliss-reactive ketones (excluding diaryl/α,β-unsaturated/α-hetero) is 1. The zero-order valence-corrected chi connectivity index (χ0v) is 16.8. The van der Waals surface area contributed by atoms with Gasteiger partial charge in [0.1, 0.15) is 0 Å². The number of hydrogen-bond donors (Lipinski definition) is 1. The molecule has 0 fully saturated rings. The molecule has 0 saturated heterocycles. The van der Waals surface area contributed by atoms with E-state index in [1.54, 1.807) is 50.2 Å². The van der Waals surface area contributed by atoms with Gasteiger partial charge in [0.15, 0.2) is 5.78 Å². The number of sulfonamides is 1. The van der Waals surface area contributed by atoms with Gasteiger partial charge in [0, 0.05) is 11.1 Å². The lowest BCUT2D eigenvalue weighted by molar-refractivity contribution is -0.133. The summed E-state index contributed by atoms with van der Waals surface area (Å²) in [6.45, 7) is 3.48. The molecule has 0 aromatic heterocycles. The number of carbonyl (C=O) groups is 2. The van der Waals surface area contributed by atoms with E-state index in [1.165, 1.54) is 6.08 Å². The third-order valence-corrected chi connectivity index (χ3v) is 6.57. The van der Waals surface area contributed by atoms with Crippen LogP contribution in [0, 0.1) is 13.8 Å². The van der Waals surface area contributed by atoms with Crippen molar-refractivity contribution in [2.45, 2.75) is 18.7 Å². The zero-order chi connectivity index (χ0) is 20.5. The molecule has 0 radical (unpaired) electrons. The lowest BCUT2D eigenvalue weighted by Gasteiger charge is -2.17. The first-order valence-electron chi connectivity index (χ1n) is 8.31. The van der Waals surface area contributed by atoms with Crippen molar-refractivity contribution in [2.75, 3.05) is 5.75 Å². The highest BCUT2D eigenvalue weighted by Gasteiger charge is 2.27. The van der Waals surface area contributed by atoms with Gasteiger partial charge in [0.25, 0.3) is 10.0 Å². The molecule has 2 aromatic carbocycles. The molecule has 0 heterocycles. The van der Waals surface area contributed by atoms with Gasteiger partial charge in [0.2, 0.25) is 0 Å². The second-order valence-electron chi connectivity index (χ2n) is 6.29. The van der Waals surface area contributed by atoms with Gasteiger partial charge in [-0.15, -0.1) is 11.8 Å². The summed E-state index contributed by atoms with van der Waals surface area (Å²) in [7, 11) is -4.02. The van der Waals surface area contributed by atoms with E-state index in [-0.39, 0.29) is 27.0 Å². The summed E-state index contributed by atoms with van der Waals surface area (Å²) in [4.78, 5) is 23.7. The number of aliphatic carboxylic acids is 1. The molecule has 1 aliphatic carbocycles. The summed E-state index contributed by atoms with van der Waals surface area (Å²) in [6.07, 6.45) is 1.35. The highest BCUT2D eigenvalue weighted by molar-refractivity contribution is 8.04. The Bertz CT molecular complexity index is 1150. The van der Waals surface area contributed by atoms with E-state index in [0.717, 1.165) is 17.3 Å². The molecule has 3 rings (SSSR count). The first-order valence-corrected chi connectivity index (χ1v) is 10.7. The van der Waals surface area contributed by atoms with Crippen molar-refractivity contribution in [1.82, 2.24) is 0 Å². The smallest absolute Gasteiger partial charge is 0.313 e. The molecule has 0 spiro atoms. The lowest BCUT2D eigenvalue weighted by Crippen LogP contribution is -2.18. The number of aryl methyl sites for hydroxylation is 2. The maximum absolute atomic E-state index is 12.9. The largest absolute Gasteiger partial charge is 0.481 e. The van der Waals surface area contributed by atoms with E-state index in [0.29, 0.717) is 16.7 Å². The number of hydrogen-bond acceptors (Lipinski definition) is 5. The summed E-state index contributed by atoms with van der Waals surface area (Å²) >= 11 is 0.845. The van der Waals surface area contributed by atoms with Gasteiger partial charge in [-0.05, 0) is 37.1 Å². The topological polar surface area (TPSA) is 101 Å². The molecule has 0 atom stereocenters. The molecule has 144 valence electrons. The highest BCUT2D eigenvalue weighted by atomic mass is 32.2. The maximum Gasteiger partial charge on any atom is 0.313 e. The van der Waals surface area contributed by atoms with Crippen LogP contribution in [0.2, 0.25) is 0 Å². The van der Waals surface area contributed by atoms with Crippen LogP contribution < -0.4 is 0 Å². The van der Waals surface area contributed by atoms with Crippen LogP contribution in [0.5, 0.6) is 0 Å². The van der Waals surface area contributed by atoms with Gasteiger partial charge in [-0.2, -0.15) is 12.8 Å². The number of ketones is 1. The van der Waals surface area contributed by atoms with Crippen LogP contribution in [0.3, 0.4) is 0 Å². The number of benzene rings is 2. The van der Waals surface area contributed by atoms with E-state index in [9.17, 15) is 18.0 Å². The number of carbonyl (C=O) groups excluding carboxylic acids is 1. The van der Waals surface area contributed by atoms with Gasteiger partial charge in [0.05, 0.1) is 21.3 Å². The highest BCUT2D eigenvalue weighted by Crippen LogP contribution is 2.30. The number of rotatable bonds is 5. The van der Waals surface area contributed by atoms with Crippen molar-refractivity contribution in [3.05, 3.63) is 75.7 Å². The Morgan fingerprint density at radius 3 is 2.46 bits per heavy atom. The van der Waals surface area contributed by atoms with Gasteiger partial charge in [-0.1, -0.05) is 36.4 Å². The molecule has 1 aliphatic rings. The number of thioether (sulfide) groups is 1. The average Bonchev–Trinajstić information content (AvgIpc) is 2.64. The van der Waals surface area contributed by atoms with Crippen molar-refractivity contribution in [1.29, 1.82) is 0 Å². The number of carboxylic acid groups (broad SMARTS) is 1. The van der Waals surface area contributed by atoms with E-state index in [1.807, 2.05) is 6.07 Å². The Hall–Kier alpha value is -2.71. The average molecular weight is 415 g/mol. The Morgan fingerprint density at radius 2 is 1.79 bits per heavy atom. The van der Waals surface area contributed by atoms with E-state index >= 15 is 0 Å². The number of allylic oxidation sites excluding steroid dienone is 2. The maximum atomic E-state index is 12.9. The second-order valence-corrected chi connectivity index (χ2v) is 8.88. The Labute approximate surface area is 167 Å². The number of nitrogens with zero attached hydrogens (tertiary/aromatic N) is 1. The molecule has 1 N–H and O–H groups in total. The van der Waals surface area contributed by atoms with Gasteiger partial charge >= 0.3 is 5.97 Å². The molecular formula is C20H17NO5S2. The van der Waals surface area contributed by atoms with Crippen molar-refractivity contribution < 1.29 is 23.1 Å². The molecular weight excluding hydrogens is 398 g/mol. The van der Waals surface area contributed by atoms with Crippen molar-refractivity contribution in [3.63, 3.8) is 0 Å². The van der Waals surface area contributed by atoms with Crippen LogP contribution in [0.1, 0.15) is 27.0 Å². The van der Waals surface area contributed by atoms with Crippen LogP contribution in [0.4, 0.5) is 0 Å². The van der Waals surface area contributed by atoms with E-state index in [4.69, 9.17) is 5.11 Å². The predicted octanol–water partition coefficient (Wildman–Crippen LogP) is 3.38. The fourth-order valence-corrected chi connectivity index (χ4v) is 4.82. The molecule has 0 saturated carbocycles. The summed E-state index contributed by atoms with van der Waals surface area (Å²) in [5.41, 5.74) is 2.18. The summed E-state index contributed by atoms with van der Waals surface area (Å²) in [5, 5.41) is 8.90. The zero-order valence-electron chi connectivity index (χ0n) is 15.2. The molecule has 0 unspecified atom stereocenters. The minimum absolute atomic E-state index is 0.0996. The minimum Gasteiger partial charge on any atom is -0.481 e. The standard InChI is InChI=1S/C20H17NO5S2/c1-12-7-8-13(2)18(9-12)28(25,26)21-16-10-17(27-11-19(22)23)20(24)15-6-4-3-5-14(15)16/h3-10H,11H2,1-2H3,(H,22,23)/b21-16+. The number of fused-ring (bicyclic) bond motifs is 1. The summed E-state index contributed by atoms with van der Waals surface area (Å²) in [5.74, 6) is -1.72. The molecule has 28 heavy (non-hydrogen) atoms. The monoisotopic (exact) mass is 415 g/mol. The molecule has 6 nitrogen and oxygen atoms in total. The first kappa shape index (κ1) is 20.0. The van der Waals surface area contributed by atoms with Crippen LogP contribution >= 0.6 is 11.8 Å². The Kier molecular flexibility index (Phi) is 5.53. The quantitative estimate of drug-likeness (QED) is 0.803. The fourth-order valence-electron chi connectivity index (χ4n) is 2.79. The number of carboxylic acids is 1. The summed E-state index contributed by atoms with van der Waals surface area (Å²) in [6, 6.07) is 11.6. The third kappa shape index (κ3) is 4.07. The Morgan fingerprint density at radius 1 is 1.11 bits per heavy atom. The predicted molar refractivity (Wildman–Crippen MR) is 109 cm³/mol. The van der Waals surface area contributed by atoms with Crippen LogP contribution in [-0.2, 0) is 14.8 Å². The molecule has 0 amide bonds. The lowest BCUT2D eigenvalue weighted by atomic mass is 9.94. The van der Waals surface area contributed by atoms with Crippen LogP contribution in [0.15, 0.2) is 62.7 Å². The minimum atomic E-state index is -4.02. The molecule has 0 bridgehead atoms. The first-order chi connectivity index (χ1) is 13.2. The normalized spacial score (nSPS) is 15.3. The van der Waals surface area contributed by atoms with Crippen molar-refractivity contribution >= 4 is 39.2 Å². The van der Waals surface area contributed by atoms with Gasteiger partial charge in [-0.3, -0.25) is 9.59 Å². The Balaban J connectivity index is 2.15. The van der Waals surface area contributed by atoms with Crippen molar-refractivity contribution in [3.8, 4) is 0 Å². The van der Waals surface area contributed by atoms with Gasteiger partial charge < -0.3 is 5.11 Å². The summed E-state index contributed by atoms with van der Waals surface area (Å²) < 4.78 is 29.9. The third-order valence-electron chi connectivity index (χ3n) is 4.13. The van der Waals surface area contributed by atoms with Crippen molar-refractivity contribution in [2.24, 2.45) is 4.40 Å². The van der Waals surface area contributed by atoms with Crippen LogP contribution in [0.25, 0.3) is 0 Å². The van der Waals surface area contributed by atoms with E-state index < -0.39 is 16.0 Å². The molecule has 2 aromatic rings. The fraction of sp³-hybridized carbons (Fsp3) is 0.150. The molecule has 8 heteroatoms. The van der Waals surface area contributed by atoms with E-state index in [2.05, 4.69) is 4.40 Å².